The molecule has 2 unspecified atom stereocenters. The Morgan fingerprint density at radius 3 is 2.72 bits per heavy atom. The molecule has 2 rings (SSSR count). The van der Waals surface area contributed by atoms with E-state index >= 15 is 0 Å². The van der Waals surface area contributed by atoms with Crippen LogP contribution in [-0.2, 0) is 16.3 Å². The Hall–Kier alpha value is -0.390. The maximum Gasteiger partial charge on any atom is 0.153 e. The van der Waals surface area contributed by atoms with E-state index in [0.717, 1.165) is 16.5 Å². The molecule has 1 N–H and O–H groups in total. The van der Waals surface area contributed by atoms with Gasteiger partial charge in [0.05, 0.1) is 10.9 Å². The molecule has 18 heavy (non-hydrogen) atoms. The van der Waals surface area contributed by atoms with Gasteiger partial charge in [-0.2, -0.15) is 0 Å². The lowest BCUT2D eigenvalue weighted by molar-refractivity contribution is 0.0511. The molecule has 1 aromatic rings. The van der Waals surface area contributed by atoms with E-state index in [1.165, 1.54) is 6.26 Å². The fraction of sp³-hybridized carbons (Fsp3) is 0.538. The van der Waals surface area contributed by atoms with E-state index in [1.54, 1.807) is 0 Å². The molecular weight excluding hydrogens is 316 g/mol. The van der Waals surface area contributed by atoms with Crippen LogP contribution in [0.2, 0.25) is 0 Å². The summed E-state index contributed by atoms with van der Waals surface area (Å²) in [5.41, 5.74) is -0.173. The van der Waals surface area contributed by atoms with Crippen molar-refractivity contribution in [3.8, 4) is 0 Å². The second-order valence-corrected chi connectivity index (χ2v) is 8.16. The minimum absolute atomic E-state index is 0.381. The van der Waals surface area contributed by atoms with Crippen LogP contribution in [0.25, 0.3) is 0 Å². The highest BCUT2D eigenvalue weighted by molar-refractivity contribution is 9.10. The van der Waals surface area contributed by atoms with Crippen molar-refractivity contribution in [1.29, 1.82) is 0 Å². The summed E-state index contributed by atoms with van der Waals surface area (Å²) in [6.07, 6.45) is 3.46. The molecule has 0 radical (unpaired) electrons. The zero-order chi connectivity index (χ0) is 13.4. The van der Waals surface area contributed by atoms with Gasteiger partial charge in [-0.25, -0.2) is 8.42 Å². The quantitative estimate of drug-likeness (QED) is 0.924. The summed E-state index contributed by atoms with van der Waals surface area (Å²) in [6.45, 7) is 0. The van der Waals surface area contributed by atoms with Crippen molar-refractivity contribution < 1.29 is 13.5 Å². The fourth-order valence-corrected chi connectivity index (χ4v) is 4.83. The van der Waals surface area contributed by atoms with E-state index in [9.17, 15) is 13.5 Å². The van der Waals surface area contributed by atoms with Gasteiger partial charge in [0, 0.05) is 17.1 Å². The van der Waals surface area contributed by atoms with Gasteiger partial charge in [0.25, 0.3) is 0 Å². The molecule has 5 heteroatoms. The van der Waals surface area contributed by atoms with Crippen LogP contribution < -0.4 is 0 Å². The molecule has 2 atom stereocenters. The molecule has 1 aromatic carbocycles. The number of aliphatic hydroxyl groups is 1. The molecule has 0 aromatic heterocycles. The van der Waals surface area contributed by atoms with Crippen LogP contribution in [0.5, 0.6) is 0 Å². The van der Waals surface area contributed by atoms with Crippen molar-refractivity contribution in [3.05, 3.63) is 34.3 Å². The van der Waals surface area contributed by atoms with Crippen molar-refractivity contribution in [2.24, 2.45) is 0 Å². The first-order chi connectivity index (χ1) is 8.33. The molecule has 0 spiro atoms. The van der Waals surface area contributed by atoms with Crippen LogP contribution in [0.4, 0.5) is 0 Å². The molecule has 1 saturated carbocycles. The number of rotatable bonds is 3. The monoisotopic (exact) mass is 332 g/mol. The second-order valence-electron chi connectivity index (χ2n) is 5.08. The first-order valence-corrected chi connectivity index (χ1v) is 8.72. The zero-order valence-electron chi connectivity index (χ0n) is 10.3. The summed E-state index contributed by atoms with van der Waals surface area (Å²) in [5, 5.41) is 10.0. The first kappa shape index (κ1) is 14.0. The minimum Gasteiger partial charge on any atom is -0.388 e. The molecule has 3 nitrogen and oxygen atoms in total. The highest BCUT2D eigenvalue weighted by atomic mass is 79.9. The smallest absolute Gasteiger partial charge is 0.153 e. The van der Waals surface area contributed by atoms with Crippen molar-refractivity contribution in [2.45, 2.75) is 36.5 Å². The predicted octanol–water partition coefficient (Wildman–Crippen LogP) is 2.32. The van der Waals surface area contributed by atoms with Crippen LogP contribution in [0.3, 0.4) is 0 Å². The van der Waals surface area contributed by atoms with Crippen molar-refractivity contribution in [2.75, 3.05) is 6.26 Å². The standard InChI is InChI=1S/C13H17BrO3S/c1-18(16,17)12-7-4-8-13(12,15)9-10-5-2-3-6-11(10)14/h2-3,5-6,12,15H,4,7-9H2,1H3. The zero-order valence-corrected chi connectivity index (χ0v) is 12.7. The average molecular weight is 333 g/mol. The average Bonchev–Trinajstić information content (AvgIpc) is 2.63. The van der Waals surface area contributed by atoms with Gasteiger partial charge in [0.15, 0.2) is 9.84 Å². The number of halogens is 1. The number of sulfone groups is 1. The van der Waals surface area contributed by atoms with Crippen LogP contribution in [-0.4, -0.2) is 30.6 Å². The second kappa shape index (κ2) is 4.94. The topological polar surface area (TPSA) is 54.4 Å². The lowest BCUT2D eigenvalue weighted by Crippen LogP contribution is -2.44. The van der Waals surface area contributed by atoms with E-state index < -0.39 is 20.7 Å². The van der Waals surface area contributed by atoms with Gasteiger partial charge in [-0.15, -0.1) is 0 Å². The first-order valence-electron chi connectivity index (χ1n) is 5.97. The maximum atomic E-state index is 11.8. The number of hydrogen-bond donors (Lipinski definition) is 1. The Morgan fingerprint density at radius 1 is 1.44 bits per heavy atom. The highest BCUT2D eigenvalue weighted by Gasteiger charge is 2.46. The van der Waals surface area contributed by atoms with Crippen LogP contribution in [0.1, 0.15) is 24.8 Å². The van der Waals surface area contributed by atoms with Crippen molar-refractivity contribution >= 4 is 25.8 Å². The van der Waals surface area contributed by atoms with E-state index in [4.69, 9.17) is 0 Å². The van der Waals surface area contributed by atoms with Gasteiger partial charge in [0.1, 0.15) is 0 Å². The van der Waals surface area contributed by atoms with E-state index in [1.807, 2.05) is 24.3 Å². The Balaban J connectivity index is 2.30. The summed E-state index contributed by atoms with van der Waals surface area (Å²) >= 11 is 3.44. The van der Waals surface area contributed by atoms with Crippen molar-refractivity contribution in [3.63, 3.8) is 0 Å². The van der Waals surface area contributed by atoms with E-state index in [2.05, 4.69) is 15.9 Å². The molecule has 0 amide bonds. The summed E-state index contributed by atoms with van der Waals surface area (Å²) in [4.78, 5) is 0. The Labute approximate surface area is 116 Å². The molecule has 1 aliphatic rings. The Morgan fingerprint density at radius 2 is 2.11 bits per heavy atom. The largest absolute Gasteiger partial charge is 0.388 e. The maximum absolute atomic E-state index is 11.8. The van der Waals surface area contributed by atoms with Crippen LogP contribution in [0.15, 0.2) is 28.7 Å². The fourth-order valence-electron chi connectivity index (χ4n) is 2.81. The lowest BCUT2D eigenvalue weighted by atomic mass is 9.93. The summed E-state index contributed by atoms with van der Waals surface area (Å²) in [7, 11) is -3.21. The Kier molecular flexibility index (Phi) is 3.85. The highest BCUT2D eigenvalue weighted by Crippen LogP contribution is 2.38. The number of benzene rings is 1. The molecular formula is C13H17BrO3S. The summed E-state index contributed by atoms with van der Waals surface area (Å²) in [5.74, 6) is 0. The Bertz CT molecular complexity index is 541. The molecule has 0 bridgehead atoms. The van der Waals surface area contributed by atoms with E-state index in [0.29, 0.717) is 19.3 Å². The normalized spacial score (nSPS) is 28.5. The third-order valence-electron chi connectivity index (χ3n) is 3.65. The molecule has 1 fully saturated rings. The third kappa shape index (κ3) is 2.78. The van der Waals surface area contributed by atoms with Gasteiger partial charge in [-0.1, -0.05) is 34.1 Å². The predicted molar refractivity (Wildman–Crippen MR) is 75.3 cm³/mol. The van der Waals surface area contributed by atoms with Gasteiger partial charge >= 0.3 is 0 Å². The summed E-state index contributed by atoms with van der Waals surface area (Å²) in [6, 6.07) is 7.62. The lowest BCUT2D eigenvalue weighted by Gasteiger charge is -2.29. The van der Waals surface area contributed by atoms with Gasteiger partial charge < -0.3 is 5.11 Å². The van der Waals surface area contributed by atoms with Gasteiger partial charge in [-0.05, 0) is 30.9 Å². The number of hydrogen-bond acceptors (Lipinski definition) is 3. The van der Waals surface area contributed by atoms with Crippen LogP contribution >= 0.6 is 15.9 Å². The van der Waals surface area contributed by atoms with Crippen LogP contribution in [0, 0.1) is 0 Å². The molecule has 0 heterocycles. The molecule has 1 aliphatic carbocycles. The molecule has 100 valence electrons. The molecule has 0 aliphatic heterocycles. The van der Waals surface area contributed by atoms with Gasteiger partial charge in [-0.3, -0.25) is 0 Å². The van der Waals surface area contributed by atoms with E-state index in [-0.39, 0.29) is 0 Å². The van der Waals surface area contributed by atoms with Crippen molar-refractivity contribution in [1.82, 2.24) is 0 Å². The summed E-state index contributed by atoms with van der Waals surface area (Å²) < 4.78 is 24.4. The SMILES string of the molecule is CS(=O)(=O)C1CCCC1(O)Cc1ccccc1Br. The molecule has 0 saturated heterocycles. The third-order valence-corrected chi connectivity index (χ3v) is 6.13. The van der Waals surface area contributed by atoms with Gasteiger partial charge in [0.2, 0.25) is 0 Å². The minimum atomic E-state index is -3.21.